The zero-order chi connectivity index (χ0) is 21.9. The van der Waals surface area contributed by atoms with Crippen LogP contribution in [-0.2, 0) is 23.9 Å². The third kappa shape index (κ3) is 4.70. The topological polar surface area (TPSA) is 81.7 Å². The first-order valence-electron chi connectivity index (χ1n) is 9.99. The number of hydrogen-bond donors (Lipinski definition) is 1. The number of amides is 1. The van der Waals surface area contributed by atoms with Gasteiger partial charge >= 0.3 is 11.9 Å². The second-order valence-electron chi connectivity index (χ2n) is 8.32. The summed E-state index contributed by atoms with van der Waals surface area (Å²) in [6.07, 6.45) is 0.0957. The van der Waals surface area contributed by atoms with Crippen molar-refractivity contribution in [2.75, 3.05) is 7.11 Å². The molecule has 0 unspecified atom stereocenters. The summed E-state index contributed by atoms with van der Waals surface area (Å²) < 4.78 is 10.1. The van der Waals surface area contributed by atoms with Gasteiger partial charge in [-0.2, -0.15) is 0 Å². The maximum atomic E-state index is 13.2. The summed E-state index contributed by atoms with van der Waals surface area (Å²) in [6, 6.07) is 14.6. The van der Waals surface area contributed by atoms with Gasteiger partial charge in [-0.1, -0.05) is 48.5 Å². The molecule has 2 aromatic rings. The highest BCUT2D eigenvalue weighted by Crippen LogP contribution is 2.44. The number of nitrogens with one attached hydrogen (secondary N) is 1. The first kappa shape index (κ1) is 21.6. The molecule has 158 valence electrons. The first-order valence-corrected chi connectivity index (χ1v) is 9.99. The van der Waals surface area contributed by atoms with Gasteiger partial charge in [0.2, 0.25) is 5.91 Å². The van der Waals surface area contributed by atoms with Gasteiger partial charge in [-0.25, -0.2) is 4.79 Å². The molecule has 0 aromatic heterocycles. The van der Waals surface area contributed by atoms with Crippen LogP contribution < -0.4 is 5.32 Å². The summed E-state index contributed by atoms with van der Waals surface area (Å²) in [4.78, 5) is 37.6. The van der Waals surface area contributed by atoms with Gasteiger partial charge in [-0.3, -0.25) is 9.59 Å². The quantitative estimate of drug-likeness (QED) is 0.738. The van der Waals surface area contributed by atoms with E-state index < -0.39 is 29.5 Å². The first-order chi connectivity index (χ1) is 14.2. The lowest BCUT2D eigenvalue weighted by Crippen LogP contribution is -2.44. The number of rotatable bonds is 6. The Labute approximate surface area is 176 Å². The average molecular weight is 409 g/mol. The summed E-state index contributed by atoms with van der Waals surface area (Å²) >= 11 is 0. The Hall–Kier alpha value is -3.15. The lowest BCUT2D eigenvalue weighted by molar-refractivity contribution is -0.155. The van der Waals surface area contributed by atoms with Crippen LogP contribution in [0.1, 0.15) is 50.7 Å². The van der Waals surface area contributed by atoms with Gasteiger partial charge in [0.15, 0.2) is 0 Å². The Bertz CT molecular complexity index is 915. The average Bonchev–Trinajstić information content (AvgIpc) is 3.03. The highest BCUT2D eigenvalue weighted by atomic mass is 16.6. The van der Waals surface area contributed by atoms with E-state index in [0.29, 0.717) is 0 Å². The van der Waals surface area contributed by atoms with E-state index in [0.717, 1.165) is 22.3 Å². The Morgan fingerprint density at radius 1 is 0.967 bits per heavy atom. The van der Waals surface area contributed by atoms with Crippen LogP contribution in [0.4, 0.5) is 0 Å². The van der Waals surface area contributed by atoms with Crippen molar-refractivity contribution in [2.45, 2.75) is 51.2 Å². The van der Waals surface area contributed by atoms with Crippen LogP contribution in [-0.4, -0.2) is 36.6 Å². The summed E-state index contributed by atoms with van der Waals surface area (Å²) in [7, 11) is 1.26. The molecule has 1 amide bonds. The minimum absolute atomic E-state index is 0.00480. The molecule has 0 bridgehead atoms. The number of hydrogen-bond acceptors (Lipinski definition) is 5. The van der Waals surface area contributed by atoms with E-state index in [4.69, 9.17) is 9.47 Å². The Kier molecular flexibility index (Phi) is 6.25. The smallest absolute Gasteiger partial charge is 0.328 e. The zero-order valence-electron chi connectivity index (χ0n) is 17.7. The van der Waals surface area contributed by atoms with Crippen molar-refractivity contribution in [1.82, 2.24) is 5.32 Å². The molecule has 30 heavy (non-hydrogen) atoms. The summed E-state index contributed by atoms with van der Waals surface area (Å²) in [5.74, 6) is -1.84. The van der Waals surface area contributed by atoms with Crippen molar-refractivity contribution in [3.05, 3.63) is 59.7 Å². The standard InChI is InChI=1S/C24H27NO5/c1-24(2,3)30-20(26)14-13-19(23(28)29-4)25-22(27)21-17-11-7-5-9-15(17)16-10-6-8-12-18(16)21/h5-12,19,21H,13-14H2,1-4H3,(H,25,27)/t19-/m0/s1. The molecule has 0 saturated heterocycles. The van der Waals surface area contributed by atoms with Crippen LogP contribution in [0.25, 0.3) is 11.1 Å². The number of ether oxygens (including phenoxy) is 2. The fourth-order valence-electron chi connectivity index (χ4n) is 3.74. The molecule has 1 atom stereocenters. The minimum Gasteiger partial charge on any atom is -0.467 e. The molecule has 1 N–H and O–H groups in total. The molecule has 0 heterocycles. The van der Waals surface area contributed by atoms with Crippen LogP contribution in [0.5, 0.6) is 0 Å². The molecule has 0 radical (unpaired) electrons. The third-order valence-electron chi connectivity index (χ3n) is 4.96. The lowest BCUT2D eigenvalue weighted by Gasteiger charge is -2.22. The minimum atomic E-state index is -0.935. The van der Waals surface area contributed by atoms with Crippen molar-refractivity contribution >= 4 is 17.8 Å². The second-order valence-corrected chi connectivity index (χ2v) is 8.32. The largest absolute Gasteiger partial charge is 0.467 e. The second kappa shape index (κ2) is 8.69. The van der Waals surface area contributed by atoms with Crippen LogP contribution in [0.2, 0.25) is 0 Å². The van der Waals surface area contributed by atoms with Gasteiger partial charge in [0, 0.05) is 6.42 Å². The fraction of sp³-hybridized carbons (Fsp3) is 0.375. The Morgan fingerprint density at radius 3 is 2.00 bits per heavy atom. The number of carbonyl (C=O) groups is 3. The van der Waals surface area contributed by atoms with E-state index in [-0.39, 0.29) is 18.7 Å². The van der Waals surface area contributed by atoms with Gasteiger partial charge in [-0.05, 0) is 49.4 Å². The van der Waals surface area contributed by atoms with E-state index >= 15 is 0 Å². The van der Waals surface area contributed by atoms with Crippen molar-refractivity contribution in [3.8, 4) is 11.1 Å². The van der Waals surface area contributed by atoms with E-state index in [9.17, 15) is 14.4 Å². The normalized spacial score (nSPS) is 13.7. The van der Waals surface area contributed by atoms with Crippen LogP contribution in [0.15, 0.2) is 48.5 Å². The molecule has 1 aliphatic rings. The fourth-order valence-corrected chi connectivity index (χ4v) is 3.74. The summed E-state index contributed by atoms with van der Waals surface area (Å²) in [5.41, 5.74) is 3.20. The maximum absolute atomic E-state index is 13.2. The van der Waals surface area contributed by atoms with Crippen LogP contribution in [0, 0.1) is 0 Å². The van der Waals surface area contributed by atoms with Gasteiger partial charge < -0.3 is 14.8 Å². The number of fused-ring (bicyclic) bond motifs is 3. The van der Waals surface area contributed by atoms with Crippen molar-refractivity contribution < 1.29 is 23.9 Å². The van der Waals surface area contributed by atoms with E-state index in [2.05, 4.69) is 5.32 Å². The van der Waals surface area contributed by atoms with Gasteiger partial charge in [0.05, 0.1) is 13.0 Å². The zero-order valence-corrected chi connectivity index (χ0v) is 17.7. The Morgan fingerprint density at radius 2 is 1.50 bits per heavy atom. The van der Waals surface area contributed by atoms with Gasteiger partial charge in [0.1, 0.15) is 11.6 Å². The van der Waals surface area contributed by atoms with Crippen molar-refractivity contribution in [2.24, 2.45) is 0 Å². The molecular formula is C24H27NO5. The van der Waals surface area contributed by atoms with Gasteiger partial charge in [0.25, 0.3) is 0 Å². The van der Waals surface area contributed by atoms with E-state index in [1.54, 1.807) is 20.8 Å². The molecule has 0 fully saturated rings. The monoisotopic (exact) mass is 409 g/mol. The van der Waals surface area contributed by atoms with Crippen molar-refractivity contribution in [3.63, 3.8) is 0 Å². The summed E-state index contributed by atoms with van der Waals surface area (Å²) in [5, 5.41) is 2.79. The lowest BCUT2D eigenvalue weighted by atomic mass is 9.95. The molecule has 1 aliphatic carbocycles. The molecule has 0 spiro atoms. The van der Waals surface area contributed by atoms with Gasteiger partial charge in [-0.15, -0.1) is 0 Å². The predicted molar refractivity (Wildman–Crippen MR) is 113 cm³/mol. The number of methoxy groups -OCH3 is 1. The highest BCUT2D eigenvalue weighted by Gasteiger charge is 2.35. The molecule has 6 nitrogen and oxygen atoms in total. The maximum Gasteiger partial charge on any atom is 0.328 e. The molecule has 0 saturated carbocycles. The molecule has 0 aliphatic heterocycles. The summed E-state index contributed by atoms with van der Waals surface area (Å²) in [6.45, 7) is 5.33. The number of carbonyl (C=O) groups excluding carboxylic acids is 3. The molecule has 6 heteroatoms. The van der Waals surface area contributed by atoms with Crippen LogP contribution >= 0.6 is 0 Å². The molecule has 3 rings (SSSR count). The third-order valence-corrected chi connectivity index (χ3v) is 4.96. The molecule has 2 aromatic carbocycles. The van der Waals surface area contributed by atoms with E-state index in [1.165, 1.54) is 7.11 Å². The highest BCUT2D eigenvalue weighted by molar-refractivity contribution is 5.97. The van der Waals surface area contributed by atoms with Crippen molar-refractivity contribution in [1.29, 1.82) is 0 Å². The number of benzene rings is 2. The molecular weight excluding hydrogens is 382 g/mol. The Balaban J connectivity index is 1.78. The predicted octanol–water partition coefficient (Wildman–Crippen LogP) is 3.58. The van der Waals surface area contributed by atoms with E-state index in [1.807, 2.05) is 48.5 Å². The number of esters is 2. The SMILES string of the molecule is COC(=O)[C@H](CCC(=O)OC(C)(C)C)NC(=O)C1c2ccccc2-c2ccccc21. The van der Waals surface area contributed by atoms with Crippen LogP contribution in [0.3, 0.4) is 0 Å².